The van der Waals surface area contributed by atoms with Crippen molar-refractivity contribution in [2.75, 3.05) is 29.4 Å². The minimum Gasteiger partial charge on any atom is -0.339 e. The first-order valence-corrected chi connectivity index (χ1v) is 8.09. The Bertz CT molecular complexity index is 710. The summed E-state index contributed by atoms with van der Waals surface area (Å²) in [6.45, 7) is 4.56. The molecule has 1 atom stereocenters. The molecule has 4 heterocycles. The van der Waals surface area contributed by atoms with Gasteiger partial charge in [-0.2, -0.15) is 5.10 Å². The first-order chi connectivity index (χ1) is 11.2. The second-order valence-corrected chi connectivity index (χ2v) is 6.28. The van der Waals surface area contributed by atoms with Crippen molar-refractivity contribution in [2.24, 2.45) is 0 Å². The Morgan fingerprint density at radius 2 is 2.00 bits per heavy atom. The maximum absolute atomic E-state index is 11.8. The number of aryl methyl sites for hydroxylation is 1. The van der Waals surface area contributed by atoms with Gasteiger partial charge in [0.1, 0.15) is 0 Å². The number of amides is 1. The molecule has 2 saturated heterocycles. The largest absolute Gasteiger partial charge is 0.339 e. The van der Waals surface area contributed by atoms with Gasteiger partial charge in [-0.25, -0.2) is 9.97 Å². The number of rotatable bonds is 3. The monoisotopic (exact) mass is 312 g/mol. The number of carbonyl (C=O) groups is 1. The van der Waals surface area contributed by atoms with Gasteiger partial charge in [0.05, 0.1) is 17.9 Å². The van der Waals surface area contributed by atoms with E-state index in [0.717, 1.165) is 49.7 Å². The molecule has 2 aromatic heterocycles. The third-order valence-electron chi connectivity index (χ3n) is 4.56. The van der Waals surface area contributed by atoms with Crippen LogP contribution in [0.3, 0.4) is 0 Å². The molecule has 120 valence electrons. The molecule has 4 rings (SSSR count). The van der Waals surface area contributed by atoms with Crippen LogP contribution in [-0.2, 0) is 4.79 Å². The van der Waals surface area contributed by atoms with E-state index in [1.165, 1.54) is 0 Å². The quantitative estimate of drug-likeness (QED) is 0.860. The number of carbonyl (C=O) groups excluding carboxylic acids is 1. The summed E-state index contributed by atoms with van der Waals surface area (Å²) in [6, 6.07) is 0.298. The summed E-state index contributed by atoms with van der Waals surface area (Å²) in [6.07, 6.45) is 10.1. The molecule has 2 aliphatic rings. The minimum atomic E-state index is 0.200. The van der Waals surface area contributed by atoms with Crippen LogP contribution in [0, 0.1) is 6.92 Å². The summed E-state index contributed by atoms with van der Waals surface area (Å²) >= 11 is 0. The SMILES string of the molecule is Cc1cnc(N2CCC(n3cc(N4CCCC4=O)cn3)C2)nc1. The summed E-state index contributed by atoms with van der Waals surface area (Å²) in [5, 5.41) is 4.47. The summed E-state index contributed by atoms with van der Waals surface area (Å²) in [5.74, 6) is 0.978. The standard InChI is InChI=1S/C16H20N6O/c1-12-7-17-16(18-8-12)20-6-4-13(10-20)22-11-14(9-19-22)21-5-2-3-15(21)23/h7-9,11,13H,2-6,10H2,1H3. The molecule has 0 saturated carbocycles. The zero-order chi connectivity index (χ0) is 15.8. The van der Waals surface area contributed by atoms with Gasteiger partial charge in [-0.3, -0.25) is 9.48 Å². The molecule has 0 aliphatic carbocycles. The van der Waals surface area contributed by atoms with Crippen LogP contribution in [0.2, 0.25) is 0 Å². The van der Waals surface area contributed by atoms with Gasteiger partial charge in [-0.1, -0.05) is 0 Å². The van der Waals surface area contributed by atoms with E-state index >= 15 is 0 Å². The van der Waals surface area contributed by atoms with Gasteiger partial charge >= 0.3 is 0 Å². The van der Waals surface area contributed by atoms with Crippen molar-refractivity contribution >= 4 is 17.5 Å². The van der Waals surface area contributed by atoms with Crippen molar-refractivity contribution in [3.05, 3.63) is 30.4 Å². The van der Waals surface area contributed by atoms with E-state index in [0.29, 0.717) is 12.5 Å². The highest BCUT2D eigenvalue weighted by molar-refractivity contribution is 5.95. The molecular formula is C16H20N6O. The number of aromatic nitrogens is 4. The van der Waals surface area contributed by atoms with Crippen LogP contribution >= 0.6 is 0 Å². The Labute approximate surface area is 134 Å². The van der Waals surface area contributed by atoms with Crippen molar-refractivity contribution in [3.8, 4) is 0 Å². The Balaban J connectivity index is 1.46. The van der Waals surface area contributed by atoms with Crippen molar-refractivity contribution in [2.45, 2.75) is 32.2 Å². The fourth-order valence-corrected chi connectivity index (χ4v) is 3.28. The van der Waals surface area contributed by atoms with Crippen LogP contribution in [-0.4, -0.2) is 45.3 Å². The van der Waals surface area contributed by atoms with Crippen LogP contribution in [0.1, 0.15) is 30.9 Å². The summed E-state index contributed by atoms with van der Waals surface area (Å²) in [5.41, 5.74) is 1.98. The summed E-state index contributed by atoms with van der Waals surface area (Å²) in [7, 11) is 0. The number of hydrogen-bond acceptors (Lipinski definition) is 5. The molecule has 7 heteroatoms. The molecule has 0 N–H and O–H groups in total. The van der Waals surface area contributed by atoms with Gasteiger partial charge in [0.2, 0.25) is 11.9 Å². The summed E-state index contributed by atoms with van der Waals surface area (Å²) in [4.78, 5) is 24.7. The third-order valence-corrected chi connectivity index (χ3v) is 4.56. The van der Waals surface area contributed by atoms with Crippen molar-refractivity contribution < 1.29 is 4.79 Å². The van der Waals surface area contributed by atoms with E-state index < -0.39 is 0 Å². The van der Waals surface area contributed by atoms with Crippen LogP contribution < -0.4 is 9.80 Å². The second-order valence-electron chi connectivity index (χ2n) is 6.28. The van der Waals surface area contributed by atoms with Gasteiger partial charge in [0, 0.05) is 44.6 Å². The molecular weight excluding hydrogens is 292 g/mol. The highest BCUT2D eigenvalue weighted by Crippen LogP contribution is 2.27. The lowest BCUT2D eigenvalue weighted by Gasteiger charge is -2.16. The molecule has 1 unspecified atom stereocenters. The Morgan fingerprint density at radius 1 is 1.17 bits per heavy atom. The molecule has 0 spiro atoms. The van der Waals surface area contributed by atoms with Crippen LogP contribution in [0.25, 0.3) is 0 Å². The van der Waals surface area contributed by atoms with Gasteiger partial charge in [-0.05, 0) is 25.3 Å². The highest BCUT2D eigenvalue weighted by atomic mass is 16.2. The fourth-order valence-electron chi connectivity index (χ4n) is 3.28. The number of nitrogens with zero attached hydrogens (tertiary/aromatic N) is 6. The normalized spacial score (nSPS) is 21.4. The lowest BCUT2D eigenvalue weighted by molar-refractivity contribution is -0.117. The highest BCUT2D eigenvalue weighted by Gasteiger charge is 2.28. The number of anilines is 2. The summed E-state index contributed by atoms with van der Waals surface area (Å²) < 4.78 is 1.98. The molecule has 7 nitrogen and oxygen atoms in total. The van der Waals surface area contributed by atoms with Gasteiger partial charge in [0.15, 0.2) is 0 Å². The molecule has 0 bridgehead atoms. The second kappa shape index (κ2) is 5.64. The lowest BCUT2D eigenvalue weighted by Crippen LogP contribution is -2.24. The Kier molecular flexibility index (Phi) is 3.48. The van der Waals surface area contributed by atoms with E-state index in [-0.39, 0.29) is 5.91 Å². The Hall–Kier alpha value is -2.44. The van der Waals surface area contributed by atoms with Gasteiger partial charge in [-0.15, -0.1) is 0 Å². The van der Waals surface area contributed by atoms with Crippen molar-refractivity contribution in [1.82, 2.24) is 19.7 Å². The fraction of sp³-hybridized carbons (Fsp3) is 0.500. The number of hydrogen-bond donors (Lipinski definition) is 0. The molecule has 0 radical (unpaired) electrons. The third kappa shape index (κ3) is 2.67. The van der Waals surface area contributed by atoms with E-state index in [9.17, 15) is 4.79 Å². The lowest BCUT2D eigenvalue weighted by atomic mass is 10.3. The predicted octanol–water partition coefficient (Wildman–Crippen LogP) is 1.56. The van der Waals surface area contributed by atoms with Gasteiger partial charge in [0.25, 0.3) is 0 Å². The van der Waals surface area contributed by atoms with Gasteiger partial charge < -0.3 is 9.80 Å². The average molecular weight is 312 g/mol. The maximum atomic E-state index is 11.8. The van der Waals surface area contributed by atoms with Crippen LogP contribution in [0.15, 0.2) is 24.8 Å². The molecule has 23 heavy (non-hydrogen) atoms. The molecule has 2 aliphatic heterocycles. The van der Waals surface area contributed by atoms with E-state index in [2.05, 4.69) is 20.0 Å². The average Bonchev–Trinajstić information content (AvgIpc) is 3.26. The zero-order valence-electron chi connectivity index (χ0n) is 13.2. The minimum absolute atomic E-state index is 0.200. The molecule has 2 aromatic rings. The first-order valence-electron chi connectivity index (χ1n) is 8.09. The van der Waals surface area contributed by atoms with E-state index in [1.54, 1.807) is 6.20 Å². The molecule has 2 fully saturated rings. The molecule has 1 amide bonds. The van der Waals surface area contributed by atoms with E-state index in [1.807, 2.05) is 35.1 Å². The maximum Gasteiger partial charge on any atom is 0.227 e. The van der Waals surface area contributed by atoms with Crippen molar-refractivity contribution in [3.63, 3.8) is 0 Å². The Morgan fingerprint density at radius 3 is 2.74 bits per heavy atom. The predicted molar refractivity (Wildman–Crippen MR) is 86.5 cm³/mol. The van der Waals surface area contributed by atoms with E-state index in [4.69, 9.17) is 0 Å². The smallest absolute Gasteiger partial charge is 0.227 e. The first kappa shape index (κ1) is 14.2. The van der Waals surface area contributed by atoms with Crippen molar-refractivity contribution in [1.29, 1.82) is 0 Å². The van der Waals surface area contributed by atoms with Crippen LogP contribution in [0.5, 0.6) is 0 Å². The molecule has 0 aromatic carbocycles. The van der Waals surface area contributed by atoms with Crippen LogP contribution in [0.4, 0.5) is 11.6 Å². The topological polar surface area (TPSA) is 67.2 Å². The zero-order valence-corrected chi connectivity index (χ0v) is 13.2.